The topological polar surface area (TPSA) is 61.4 Å². The highest BCUT2D eigenvalue weighted by Crippen LogP contribution is 2.25. The van der Waals surface area contributed by atoms with E-state index in [-0.39, 0.29) is 12.6 Å². The maximum Gasteiger partial charge on any atom is 0.319 e. The van der Waals surface area contributed by atoms with Gasteiger partial charge in [-0.3, -0.25) is 0 Å². The van der Waals surface area contributed by atoms with Crippen LogP contribution < -0.4 is 10.6 Å². The van der Waals surface area contributed by atoms with Crippen LogP contribution >= 0.6 is 23.2 Å². The molecule has 106 valence electrons. The monoisotopic (exact) mass is 304 g/mol. The molecule has 0 heterocycles. The first-order chi connectivity index (χ1) is 8.90. The Kier molecular flexibility index (Phi) is 5.91. The van der Waals surface area contributed by atoms with Crippen LogP contribution in [0, 0.1) is 0 Å². The highest BCUT2D eigenvalue weighted by Gasteiger charge is 2.23. The van der Waals surface area contributed by atoms with Crippen LogP contribution in [0.15, 0.2) is 18.2 Å². The minimum atomic E-state index is -0.447. The number of anilines is 1. The van der Waals surface area contributed by atoms with E-state index < -0.39 is 5.54 Å². The van der Waals surface area contributed by atoms with Crippen LogP contribution in [0.4, 0.5) is 10.5 Å². The Hall–Kier alpha value is -0.970. The van der Waals surface area contributed by atoms with E-state index in [2.05, 4.69) is 10.6 Å². The van der Waals surface area contributed by atoms with E-state index in [1.807, 2.05) is 13.8 Å². The molecule has 1 unspecified atom stereocenters. The first-order valence-electron chi connectivity index (χ1n) is 6.05. The summed E-state index contributed by atoms with van der Waals surface area (Å²) in [5.41, 5.74) is 0.0450. The molecule has 0 aliphatic carbocycles. The molecule has 0 fully saturated rings. The quantitative estimate of drug-likeness (QED) is 0.777. The highest BCUT2D eigenvalue weighted by molar-refractivity contribution is 6.36. The number of aliphatic hydroxyl groups excluding tert-OH is 1. The first-order valence-corrected chi connectivity index (χ1v) is 6.81. The SMILES string of the molecule is CCC(C)(CCO)NC(=O)Nc1ccc(Cl)cc1Cl. The van der Waals surface area contributed by atoms with Gasteiger partial charge in [-0.15, -0.1) is 0 Å². The van der Waals surface area contributed by atoms with E-state index in [9.17, 15) is 4.79 Å². The Bertz CT molecular complexity index is 454. The molecule has 0 radical (unpaired) electrons. The highest BCUT2D eigenvalue weighted by atomic mass is 35.5. The molecule has 19 heavy (non-hydrogen) atoms. The Morgan fingerprint density at radius 2 is 2.11 bits per heavy atom. The van der Waals surface area contributed by atoms with Gasteiger partial charge in [0.15, 0.2) is 0 Å². The third-order valence-corrected chi connectivity index (χ3v) is 3.59. The van der Waals surface area contributed by atoms with Crippen LogP contribution in [0.25, 0.3) is 0 Å². The molecule has 1 aromatic carbocycles. The van der Waals surface area contributed by atoms with Gasteiger partial charge in [0.05, 0.1) is 10.7 Å². The molecule has 2 amide bonds. The lowest BCUT2D eigenvalue weighted by Crippen LogP contribution is -2.48. The average Bonchev–Trinajstić information content (AvgIpc) is 2.33. The van der Waals surface area contributed by atoms with Crippen molar-refractivity contribution in [1.29, 1.82) is 0 Å². The van der Waals surface area contributed by atoms with Gasteiger partial charge in [-0.2, -0.15) is 0 Å². The third-order valence-electron chi connectivity index (χ3n) is 3.04. The summed E-state index contributed by atoms with van der Waals surface area (Å²) >= 11 is 11.8. The molecule has 6 heteroatoms. The number of benzene rings is 1. The number of hydrogen-bond acceptors (Lipinski definition) is 2. The second-order valence-corrected chi connectivity index (χ2v) is 5.43. The van der Waals surface area contributed by atoms with Crippen molar-refractivity contribution in [1.82, 2.24) is 5.32 Å². The summed E-state index contributed by atoms with van der Waals surface area (Å²) in [7, 11) is 0. The average molecular weight is 305 g/mol. The normalized spacial score (nSPS) is 13.7. The summed E-state index contributed by atoms with van der Waals surface area (Å²) in [6, 6.07) is 4.49. The van der Waals surface area contributed by atoms with Gasteiger partial charge in [0.2, 0.25) is 0 Å². The summed E-state index contributed by atoms with van der Waals surface area (Å²) in [5.74, 6) is 0. The maximum atomic E-state index is 11.9. The third kappa shape index (κ3) is 4.90. The molecule has 0 aliphatic rings. The number of carbonyl (C=O) groups is 1. The van der Waals surface area contributed by atoms with E-state index in [4.69, 9.17) is 28.3 Å². The summed E-state index contributed by atoms with van der Waals surface area (Å²) in [6.07, 6.45) is 1.21. The van der Waals surface area contributed by atoms with E-state index in [1.165, 1.54) is 0 Å². The van der Waals surface area contributed by atoms with Crippen molar-refractivity contribution in [3.05, 3.63) is 28.2 Å². The molecule has 0 aromatic heterocycles. The van der Waals surface area contributed by atoms with E-state index in [0.29, 0.717) is 22.2 Å². The van der Waals surface area contributed by atoms with Crippen LogP contribution in [0.2, 0.25) is 10.0 Å². The largest absolute Gasteiger partial charge is 0.396 e. The number of aliphatic hydroxyl groups is 1. The smallest absolute Gasteiger partial charge is 0.319 e. The molecule has 0 bridgehead atoms. The predicted molar refractivity (Wildman–Crippen MR) is 79.0 cm³/mol. The second-order valence-electron chi connectivity index (χ2n) is 4.59. The molecule has 4 nitrogen and oxygen atoms in total. The summed E-state index contributed by atoms with van der Waals surface area (Å²) in [6.45, 7) is 3.85. The molecule has 1 atom stereocenters. The van der Waals surface area contributed by atoms with Gasteiger partial charge in [0.25, 0.3) is 0 Å². The zero-order valence-corrected chi connectivity index (χ0v) is 12.5. The summed E-state index contributed by atoms with van der Waals surface area (Å²) in [5, 5.41) is 15.4. The molecule has 0 aliphatic heterocycles. The lowest BCUT2D eigenvalue weighted by atomic mass is 9.95. The number of rotatable bonds is 5. The molecular formula is C13H18Cl2N2O2. The minimum absolute atomic E-state index is 0.0202. The number of carbonyl (C=O) groups excluding carboxylic acids is 1. The number of halogens is 2. The zero-order valence-electron chi connectivity index (χ0n) is 11.0. The Balaban J connectivity index is 2.69. The van der Waals surface area contributed by atoms with Gasteiger partial charge in [0.1, 0.15) is 0 Å². The van der Waals surface area contributed by atoms with Crippen molar-refractivity contribution in [2.45, 2.75) is 32.2 Å². The second kappa shape index (κ2) is 6.98. The first kappa shape index (κ1) is 16.1. The summed E-state index contributed by atoms with van der Waals surface area (Å²) < 4.78 is 0. The summed E-state index contributed by atoms with van der Waals surface area (Å²) in [4.78, 5) is 11.9. The van der Waals surface area contributed by atoms with Crippen LogP contribution in [-0.2, 0) is 0 Å². The standard InChI is InChI=1S/C13H18Cl2N2O2/c1-3-13(2,6-7-18)17-12(19)16-11-5-4-9(14)8-10(11)15/h4-5,8,18H,3,6-7H2,1-2H3,(H2,16,17,19). The minimum Gasteiger partial charge on any atom is -0.396 e. The Morgan fingerprint density at radius 3 is 2.63 bits per heavy atom. The number of urea groups is 1. The van der Waals surface area contributed by atoms with Crippen molar-refractivity contribution in [2.75, 3.05) is 11.9 Å². The number of nitrogens with one attached hydrogen (secondary N) is 2. The Morgan fingerprint density at radius 1 is 1.42 bits per heavy atom. The molecule has 0 saturated heterocycles. The molecule has 3 N–H and O–H groups in total. The van der Waals surface area contributed by atoms with E-state index in [1.54, 1.807) is 18.2 Å². The van der Waals surface area contributed by atoms with Gasteiger partial charge >= 0.3 is 6.03 Å². The van der Waals surface area contributed by atoms with Crippen LogP contribution in [-0.4, -0.2) is 23.3 Å². The van der Waals surface area contributed by atoms with Crippen molar-refractivity contribution >= 4 is 34.9 Å². The van der Waals surface area contributed by atoms with E-state index in [0.717, 1.165) is 6.42 Å². The lowest BCUT2D eigenvalue weighted by Gasteiger charge is -2.29. The number of amides is 2. The fourth-order valence-corrected chi connectivity index (χ4v) is 2.05. The van der Waals surface area contributed by atoms with Crippen LogP contribution in [0.3, 0.4) is 0 Å². The van der Waals surface area contributed by atoms with Gasteiger partial charge in [-0.25, -0.2) is 4.79 Å². The maximum absolute atomic E-state index is 11.9. The van der Waals surface area contributed by atoms with Crippen LogP contribution in [0.5, 0.6) is 0 Å². The van der Waals surface area contributed by atoms with Crippen molar-refractivity contribution in [2.24, 2.45) is 0 Å². The molecule has 0 saturated carbocycles. The van der Waals surface area contributed by atoms with Gasteiger partial charge in [0, 0.05) is 17.2 Å². The number of hydrogen-bond donors (Lipinski definition) is 3. The lowest BCUT2D eigenvalue weighted by molar-refractivity contribution is 0.208. The van der Waals surface area contributed by atoms with Crippen molar-refractivity contribution in [3.8, 4) is 0 Å². The predicted octanol–water partition coefficient (Wildman–Crippen LogP) is 3.67. The van der Waals surface area contributed by atoms with E-state index >= 15 is 0 Å². The molecular weight excluding hydrogens is 287 g/mol. The van der Waals surface area contributed by atoms with Gasteiger partial charge in [-0.1, -0.05) is 30.1 Å². The molecule has 0 spiro atoms. The van der Waals surface area contributed by atoms with Crippen LogP contribution in [0.1, 0.15) is 26.7 Å². The van der Waals surface area contributed by atoms with Crippen molar-refractivity contribution < 1.29 is 9.90 Å². The molecule has 1 rings (SSSR count). The van der Waals surface area contributed by atoms with Gasteiger partial charge < -0.3 is 15.7 Å². The Labute approximate surface area is 123 Å². The fraction of sp³-hybridized carbons (Fsp3) is 0.462. The fourth-order valence-electron chi connectivity index (χ4n) is 1.59. The van der Waals surface area contributed by atoms with Crippen molar-refractivity contribution in [3.63, 3.8) is 0 Å². The zero-order chi connectivity index (χ0) is 14.5. The van der Waals surface area contributed by atoms with Gasteiger partial charge in [-0.05, 0) is 38.0 Å². The molecule has 1 aromatic rings.